The summed E-state index contributed by atoms with van der Waals surface area (Å²) < 4.78 is 5.05. The van der Waals surface area contributed by atoms with Crippen molar-refractivity contribution in [2.45, 2.75) is 32.7 Å². The number of anilines is 2. The number of carbonyl (C=O) groups excluding carboxylic acids is 2. The summed E-state index contributed by atoms with van der Waals surface area (Å²) in [6.07, 6.45) is 1.53. The van der Waals surface area contributed by atoms with Crippen LogP contribution in [-0.4, -0.2) is 42.6 Å². The number of likely N-dealkylation sites (tertiary alicyclic amines) is 1. The largest absolute Gasteiger partial charge is 0.450 e. The molecule has 0 aliphatic carbocycles. The van der Waals surface area contributed by atoms with Crippen LogP contribution in [0.2, 0.25) is 0 Å². The van der Waals surface area contributed by atoms with Gasteiger partial charge in [0.1, 0.15) is 0 Å². The molecule has 1 aliphatic rings. The molecule has 6 heteroatoms. The molecule has 1 heterocycles. The van der Waals surface area contributed by atoms with Crippen molar-refractivity contribution >= 4 is 23.4 Å². The second-order valence-corrected chi connectivity index (χ2v) is 6.95. The van der Waals surface area contributed by atoms with E-state index >= 15 is 0 Å². The minimum absolute atomic E-state index is 0.106. The highest BCUT2D eigenvalue weighted by Gasteiger charge is 2.23. The number of ether oxygens (including phenoxy) is 1. The Morgan fingerprint density at radius 3 is 2.32 bits per heavy atom. The highest BCUT2D eigenvalue weighted by atomic mass is 16.6. The van der Waals surface area contributed by atoms with Gasteiger partial charge in [0.25, 0.3) is 5.91 Å². The number of aryl methyl sites for hydroxylation is 1. The molecule has 0 radical (unpaired) electrons. The molecule has 0 unspecified atom stereocenters. The highest BCUT2D eigenvalue weighted by molar-refractivity contribution is 6.05. The molecule has 0 bridgehead atoms. The number of hydrogen-bond donors (Lipinski definition) is 2. The van der Waals surface area contributed by atoms with Crippen LogP contribution in [0.4, 0.5) is 16.2 Å². The van der Waals surface area contributed by atoms with E-state index in [-0.39, 0.29) is 12.0 Å². The second-order valence-electron chi connectivity index (χ2n) is 6.95. The molecule has 0 aromatic heterocycles. The molecular formula is C22H27N3O3. The van der Waals surface area contributed by atoms with Crippen molar-refractivity contribution in [1.82, 2.24) is 4.90 Å². The van der Waals surface area contributed by atoms with Crippen LogP contribution in [0.25, 0.3) is 0 Å². The molecule has 3 rings (SSSR count). The van der Waals surface area contributed by atoms with Gasteiger partial charge in [-0.05, 0) is 62.6 Å². The maximum Gasteiger partial charge on any atom is 0.409 e. The molecule has 148 valence electrons. The Labute approximate surface area is 165 Å². The van der Waals surface area contributed by atoms with Gasteiger partial charge >= 0.3 is 6.09 Å². The molecule has 6 nitrogen and oxygen atoms in total. The van der Waals surface area contributed by atoms with Gasteiger partial charge in [0, 0.05) is 36.1 Å². The predicted octanol–water partition coefficient (Wildman–Crippen LogP) is 4.28. The van der Waals surface area contributed by atoms with E-state index in [2.05, 4.69) is 10.6 Å². The van der Waals surface area contributed by atoms with Crippen molar-refractivity contribution in [1.29, 1.82) is 0 Å². The number of nitrogens with one attached hydrogen (secondary N) is 2. The fourth-order valence-electron chi connectivity index (χ4n) is 3.33. The van der Waals surface area contributed by atoms with E-state index in [1.165, 1.54) is 0 Å². The standard InChI is InChI=1S/C22H27N3O3/c1-3-28-22(27)25-14-12-19(13-15-25)23-17-8-10-18(11-9-17)24-21(26)20-7-5-4-6-16(20)2/h4-11,19,23H,3,12-15H2,1-2H3,(H,24,26). The molecule has 28 heavy (non-hydrogen) atoms. The lowest BCUT2D eigenvalue weighted by atomic mass is 10.0. The van der Waals surface area contributed by atoms with Crippen molar-refractivity contribution in [3.05, 3.63) is 59.7 Å². The predicted molar refractivity (Wildman–Crippen MR) is 111 cm³/mol. The van der Waals surface area contributed by atoms with Crippen LogP contribution in [0, 0.1) is 6.92 Å². The third-order valence-electron chi connectivity index (χ3n) is 4.92. The molecule has 2 N–H and O–H groups in total. The van der Waals surface area contributed by atoms with Gasteiger partial charge in [-0.15, -0.1) is 0 Å². The molecule has 1 saturated heterocycles. The summed E-state index contributed by atoms with van der Waals surface area (Å²) in [4.78, 5) is 25.9. The van der Waals surface area contributed by atoms with E-state index in [9.17, 15) is 9.59 Å². The van der Waals surface area contributed by atoms with Crippen LogP contribution in [0.1, 0.15) is 35.7 Å². The van der Waals surface area contributed by atoms with Gasteiger partial charge < -0.3 is 20.3 Å². The summed E-state index contributed by atoms with van der Waals surface area (Å²) in [5.74, 6) is -0.106. The van der Waals surface area contributed by atoms with Gasteiger partial charge in [0.05, 0.1) is 6.61 Å². The second kappa shape index (κ2) is 9.26. The summed E-state index contributed by atoms with van der Waals surface area (Å²) in [7, 11) is 0. The lowest BCUT2D eigenvalue weighted by Crippen LogP contribution is -2.42. The lowest BCUT2D eigenvalue weighted by molar-refractivity contribution is 0.0981. The summed E-state index contributed by atoms with van der Waals surface area (Å²) in [5.41, 5.74) is 3.39. The first-order valence-electron chi connectivity index (χ1n) is 9.72. The minimum Gasteiger partial charge on any atom is -0.450 e. The summed E-state index contributed by atoms with van der Waals surface area (Å²) in [6, 6.07) is 15.6. The van der Waals surface area contributed by atoms with Gasteiger partial charge in [0.15, 0.2) is 0 Å². The molecule has 2 amide bonds. The van der Waals surface area contributed by atoms with Crippen molar-refractivity contribution in [2.24, 2.45) is 0 Å². The van der Waals surface area contributed by atoms with Gasteiger partial charge in [-0.25, -0.2) is 4.79 Å². The maximum atomic E-state index is 12.4. The number of rotatable bonds is 5. The Morgan fingerprint density at radius 2 is 1.68 bits per heavy atom. The van der Waals surface area contributed by atoms with Gasteiger partial charge in [-0.1, -0.05) is 18.2 Å². The van der Waals surface area contributed by atoms with Gasteiger partial charge in [0.2, 0.25) is 0 Å². The molecule has 0 saturated carbocycles. The van der Waals surface area contributed by atoms with Gasteiger partial charge in [-0.2, -0.15) is 0 Å². The van der Waals surface area contributed by atoms with E-state index in [0.29, 0.717) is 31.3 Å². The molecule has 2 aromatic rings. The molecule has 0 atom stereocenters. The number of nitrogens with zero attached hydrogens (tertiary/aromatic N) is 1. The van der Waals surface area contributed by atoms with Crippen molar-refractivity contribution < 1.29 is 14.3 Å². The van der Waals surface area contributed by atoms with Crippen molar-refractivity contribution in [3.63, 3.8) is 0 Å². The topological polar surface area (TPSA) is 70.7 Å². The minimum atomic E-state index is -0.227. The average molecular weight is 381 g/mol. The third-order valence-corrected chi connectivity index (χ3v) is 4.92. The first-order chi connectivity index (χ1) is 13.6. The normalized spacial score (nSPS) is 14.4. The fraction of sp³-hybridized carbons (Fsp3) is 0.364. The fourth-order valence-corrected chi connectivity index (χ4v) is 3.33. The van der Waals surface area contributed by atoms with Crippen molar-refractivity contribution in [2.75, 3.05) is 30.3 Å². The molecular weight excluding hydrogens is 354 g/mol. The molecule has 2 aromatic carbocycles. The number of piperidine rings is 1. The monoisotopic (exact) mass is 381 g/mol. The first-order valence-corrected chi connectivity index (χ1v) is 9.72. The Bertz CT molecular complexity index is 812. The molecule has 0 spiro atoms. The van der Waals surface area contributed by atoms with E-state index in [4.69, 9.17) is 4.74 Å². The number of benzene rings is 2. The number of amides is 2. The number of carbonyl (C=O) groups is 2. The zero-order valence-corrected chi connectivity index (χ0v) is 16.4. The third kappa shape index (κ3) is 5.03. The summed E-state index contributed by atoms with van der Waals surface area (Å²) in [6.45, 7) is 5.54. The Hall–Kier alpha value is -3.02. The molecule has 1 fully saturated rings. The van der Waals surface area contributed by atoms with Crippen LogP contribution in [0.3, 0.4) is 0 Å². The Kier molecular flexibility index (Phi) is 6.53. The van der Waals surface area contributed by atoms with E-state index in [0.717, 1.165) is 29.8 Å². The maximum absolute atomic E-state index is 12.4. The Morgan fingerprint density at radius 1 is 1.04 bits per heavy atom. The van der Waals surface area contributed by atoms with Crippen LogP contribution >= 0.6 is 0 Å². The summed E-state index contributed by atoms with van der Waals surface area (Å²) in [5, 5.41) is 6.44. The van der Waals surface area contributed by atoms with E-state index in [1.807, 2.05) is 62.4 Å². The summed E-state index contributed by atoms with van der Waals surface area (Å²) >= 11 is 0. The molecule has 1 aliphatic heterocycles. The quantitative estimate of drug-likeness (QED) is 0.811. The van der Waals surface area contributed by atoms with Crippen molar-refractivity contribution in [3.8, 4) is 0 Å². The first kappa shape index (κ1) is 19.7. The van der Waals surface area contributed by atoms with Crippen LogP contribution in [-0.2, 0) is 4.74 Å². The smallest absolute Gasteiger partial charge is 0.409 e. The van der Waals surface area contributed by atoms with Gasteiger partial charge in [-0.3, -0.25) is 4.79 Å². The van der Waals surface area contributed by atoms with Crippen LogP contribution in [0.5, 0.6) is 0 Å². The van der Waals surface area contributed by atoms with Crippen LogP contribution < -0.4 is 10.6 Å². The highest BCUT2D eigenvalue weighted by Crippen LogP contribution is 2.20. The van der Waals surface area contributed by atoms with E-state index < -0.39 is 0 Å². The zero-order chi connectivity index (χ0) is 19.9. The Balaban J connectivity index is 1.51. The lowest BCUT2D eigenvalue weighted by Gasteiger charge is -2.32. The van der Waals surface area contributed by atoms with Crippen LogP contribution in [0.15, 0.2) is 48.5 Å². The number of hydrogen-bond acceptors (Lipinski definition) is 4. The SMILES string of the molecule is CCOC(=O)N1CCC(Nc2ccc(NC(=O)c3ccccc3C)cc2)CC1. The average Bonchev–Trinajstić information content (AvgIpc) is 2.70. The van der Waals surface area contributed by atoms with E-state index in [1.54, 1.807) is 4.90 Å². The zero-order valence-electron chi connectivity index (χ0n) is 16.4.